The molecule has 1 aliphatic carbocycles. The summed E-state index contributed by atoms with van der Waals surface area (Å²) in [5.74, 6) is 0.0260. The van der Waals surface area contributed by atoms with Gasteiger partial charge in [0.05, 0.1) is 11.5 Å². The largest absolute Gasteiger partial charge is 0.388 e. The van der Waals surface area contributed by atoms with Gasteiger partial charge in [-0.1, -0.05) is 12.1 Å². The van der Waals surface area contributed by atoms with Gasteiger partial charge in [-0.05, 0) is 30.4 Å². The number of hydrogen-bond acceptors (Lipinski definition) is 2. The molecule has 3 nitrogen and oxygen atoms in total. The van der Waals surface area contributed by atoms with Crippen LogP contribution in [0.25, 0.3) is 0 Å². The minimum Gasteiger partial charge on any atom is -0.388 e. The van der Waals surface area contributed by atoms with E-state index in [9.17, 15) is 4.39 Å². The van der Waals surface area contributed by atoms with Crippen molar-refractivity contribution in [2.45, 2.75) is 19.3 Å². The number of nitrogens with zero attached hydrogens (tertiary/aromatic N) is 1. The van der Waals surface area contributed by atoms with Gasteiger partial charge in [0.1, 0.15) is 5.82 Å². The third-order valence-corrected chi connectivity index (χ3v) is 3.36. The molecule has 0 spiro atoms. The Hall–Kier alpha value is -1.58. The summed E-state index contributed by atoms with van der Waals surface area (Å²) in [7, 11) is 1.89. The number of rotatable bonds is 5. The summed E-state index contributed by atoms with van der Waals surface area (Å²) in [5, 5.41) is 7.37. The van der Waals surface area contributed by atoms with Crippen LogP contribution >= 0.6 is 0 Å². The van der Waals surface area contributed by atoms with Gasteiger partial charge in [-0.3, -0.25) is 5.41 Å². The molecule has 0 bridgehead atoms. The maximum absolute atomic E-state index is 13.6. The summed E-state index contributed by atoms with van der Waals surface area (Å²) >= 11 is 0. The maximum Gasteiger partial charge on any atom is 0.146 e. The number of nitrogens with two attached hydrogens (primary N) is 1. The summed E-state index contributed by atoms with van der Waals surface area (Å²) in [6.07, 6.45) is 2.77. The third-order valence-electron chi connectivity index (χ3n) is 3.36. The molecule has 0 heterocycles. The molecular weight excluding hydrogens is 217 g/mol. The molecule has 0 unspecified atom stereocenters. The molecule has 0 amide bonds. The van der Waals surface area contributed by atoms with Crippen LogP contribution < -0.4 is 10.6 Å². The van der Waals surface area contributed by atoms with Crippen molar-refractivity contribution in [2.24, 2.45) is 11.1 Å². The van der Waals surface area contributed by atoms with Gasteiger partial charge < -0.3 is 10.6 Å². The van der Waals surface area contributed by atoms with E-state index in [-0.39, 0.29) is 17.1 Å². The average Bonchev–Trinajstić information content (AvgIpc) is 2.97. The molecule has 2 rings (SSSR count). The van der Waals surface area contributed by atoms with Gasteiger partial charge in [-0.2, -0.15) is 0 Å². The smallest absolute Gasteiger partial charge is 0.146 e. The van der Waals surface area contributed by atoms with E-state index in [1.165, 1.54) is 6.07 Å². The van der Waals surface area contributed by atoms with E-state index in [1.807, 2.05) is 18.0 Å². The second-order valence-corrected chi connectivity index (χ2v) is 5.01. The average molecular weight is 235 g/mol. The zero-order valence-corrected chi connectivity index (χ0v) is 10.0. The quantitative estimate of drug-likeness (QED) is 0.608. The molecule has 3 N–H and O–H groups in total. The monoisotopic (exact) mass is 235 g/mol. The van der Waals surface area contributed by atoms with E-state index in [1.54, 1.807) is 12.1 Å². The van der Waals surface area contributed by atoms with Crippen LogP contribution in [0.4, 0.5) is 10.1 Å². The Morgan fingerprint density at radius 3 is 2.65 bits per heavy atom. The number of para-hydroxylation sites is 1. The van der Waals surface area contributed by atoms with Gasteiger partial charge in [-0.15, -0.1) is 0 Å². The summed E-state index contributed by atoms with van der Waals surface area (Å²) in [4.78, 5) is 1.92. The van der Waals surface area contributed by atoms with Crippen molar-refractivity contribution in [3.05, 3.63) is 30.1 Å². The lowest BCUT2D eigenvalue weighted by Crippen LogP contribution is -2.30. The molecule has 0 saturated heterocycles. The molecule has 1 aromatic carbocycles. The summed E-state index contributed by atoms with van der Waals surface area (Å²) < 4.78 is 13.6. The van der Waals surface area contributed by atoms with Crippen LogP contribution in [0.2, 0.25) is 0 Å². The second kappa shape index (κ2) is 4.35. The number of anilines is 1. The van der Waals surface area contributed by atoms with Crippen molar-refractivity contribution >= 4 is 11.5 Å². The molecule has 1 fully saturated rings. The predicted octanol–water partition coefficient (Wildman–Crippen LogP) is 2.37. The number of nitrogens with one attached hydrogen (secondary N) is 1. The minimum atomic E-state index is -0.200. The highest BCUT2D eigenvalue weighted by Gasteiger charge is 2.44. The summed E-state index contributed by atoms with van der Waals surface area (Å²) in [5.41, 5.74) is 6.17. The molecule has 4 heteroatoms. The van der Waals surface area contributed by atoms with E-state index in [2.05, 4.69) is 0 Å². The number of amidine groups is 1. The first-order valence-corrected chi connectivity index (χ1v) is 5.81. The van der Waals surface area contributed by atoms with Crippen LogP contribution in [0.5, 0.6) is 0 Å². The zero-order valence-electron chi connectivity index (χ0n) is 10.0. The fourth-order valence-electron chi connectivity index (χ4n) is 2.32. The van der Waals surface area contributed by atoms with Crippen molar-refractivity contribution < 1.29 is 4.39 Å². The van der Waals surface area contributed by atoms with Crippen molar-refractivity contribution in [1.82, 2.24) is 0 Å². The van der Waals surface area contributed by atoms with E-state index < -0.39 is 0 Å². The lowest BCUT2D eigenvalue weighted by atomic mass is 10.0. The van der Waals surface area contributed by atoms with Gasteiger partial charge in [0, 0.05) is 20.0 Å². The van der Waals surface area contributed by atoms with Crippen molar-refractivity contribution in [2.75, 3.05) is 18.5 Å². The molecular formula is C13H18FN3. The normalized spacial score (nSPS) is 16.6. The molecule has 0 radical (unpaired) electrons. The minimum absolute atomic E-state index is 0.100. The second-order valence-electron chi connectivity index (χ2n) is 5.01. The van der Waals surface area contributed by atoms with Crippen molar-refractivity contribution in [1.29, 1.82) is 5.41 Å². The molecule has 1 saturated carbocycles. The zero-order chi connectivity index (χ0) is 12.5. The van der Waals surface area contributed by atoms with E-state index in [0.717, 1.165) is 19.4 Å². The van der Waals surface area contributed by atoms with Crippen LogP contribution in [0.3, 0.4) is 0 Å². The van der Waals surface area contributed by atoms with Gasteiger partial charge in [-0.25, -0.2) is 4.39 Å². The highest BCUT2D eigenvalue weighted by Crippen LogP contribution is 2.49. The molecule has 1 aliphatic rings. The van der Waals surface area contributed by atoms with E-state index in [0.29, 0.717) is 12.1 Å². The SMILES string of the molecule is CN(CC1(CC(=N)N)CC1)c1ccccc1F. The first kappa shape index (κ1) is 11.9. The number of hydrogen-bond donors (Lipinski definition) is 2. The highest BCUT2D eigenvalue weighted by molar-refractivity contribution is 5.78. The lowest BCUT2D eigenvalue weighted by molar-refractivity contribution is 0.523. The fraction of sp³-hybridized carbons (Fsp3) is 0.462. The maximum atomic E-state index is 13.6. The molecule has 0 aromatic heterocycles. The van der Waals surface area contributed by atoms with Crippen LogP contribution in [-0.2, 0) is 0 Å². The standard InChI is InChI=1S/C13H18FN3/c1-17(11-5-3-2-4-10(11)14)9-13(6-7-13)8-12(15)16/h2-5H,6-9H2,1H3,(H3,15,16). The van der Waals surface area contributed by atoms with Gasteiger partial charge >= 0.3 is 0 Å². The predicted molar refractivity (Wildman–Crippen MR) is 67.9 cm³/mol. The highest BCUT2D eigenvalue weighted by atomic mass is 19.1. The molecule has 0 aliphatic heterocycles. The topological polar surface area (TPSA) is 53.1 Å². The van der Waals surface area contributed by atoms with E-state index in [4.69, 9.17) is 11.1 Å². The van der Waals surface area contributed by atoms with Crippen LogP contribution in [0, 0.1) is 16.6 Å². The Morgan fingerprint density at radius 1 is 1.47 bits per heavy atom. The molecule has 17 heavy (non-hydrogen) atoms. The summed E-state index contributed by atoms with van der Waals surface area (Å²) in [6.45, 7) is 0.757. The first-order chi connectivity index (χ1) is 8.02. The number of benzene rings is 1. The molecule has 1 aromatic rings. The van der Waals surface area contributed by atoms with Crippen LogP contribution in [-0.4, -0.2) is 19.4 Å². The van der Waals surface area contributed by atoms with Gasteiger partial charge in [0.2, 0.25) is 0 Å². The van der Waals surface area contributed by atoms with Gasteiger partial charge in [0.15, 0.2) is 0 Å². The van der Waals surface area contributed by atoms with E-state index >= 15 is 0 Å². The Morgan fingerprint density at radius 2 is 2.12 bits per heavy atom. The fourth-order valence-corrected chi connectivity index (χ4v) is 2.32. The molecule has 92 valence electrons. The van der Waals surface area contributed by atoms with Crippen LogP contribution in [0.1, 0.15) is 19.3 Å². The van der Waals surface area contributed by atoms with Crippen LogP contribution in [0.15, 0.2) is 24.3 Å². The Labute approximate surface area is 101 Å². The Kier molecular flexibility index (Phi) is 3.05. The Balaban J connectivity index is 2.05. The summed E-state index contributed by atoms with van der Waals surface area (Å²) in [6, 6.07) is 6.77. The third kappa shape index (κ3) is 2.75. The number of halogens is 1. The Bertz CT molecular complexity index is 426. The van der Waals surface area contributed by atoms with Crippen molar-refractivity contribution in [3.63, 3.8) is 0 Å². The first-order valence-electron chi connectivity index (χ1n) is 5.81. The molecule has 0 atom stereocenters. The van der Waals surface area contributed by atoms with Gasteiger partial charge in [0.25, 0.3) is 0 Å². The lowest BCUT2D eigenvalue weighted by Gasteiger charge is -2.25. The van der Waals surface area contributed by atoms with Crippen molar-refractivity contribution in [3.8, 4) is 0 Å².